The van der Waals surface area contributed by atoms with Gasteiger partial charge in [-0.25, -0.2) is 15.0 Å². The van der Waals surface area contributed by atoms with Crippen LogP contribution in [-0.2, 0) is 0 Å². The van der Waals surface area contributed by atoms with Crippen LogP contribution in [0.2, 0.25) is 0 Å². The summed E-state index contributed by atoms with van der Waals surface area (Å²) in [4.78, 5) is 17.3. The van der Waals surface area contributed by atoms with Gasteiger partial charge in [0.05, 0.1) is 19.4 Å². The minimum absolute atomic E-state index is 0.0141. The van der Waals surface area contributed by atoms with Gasteiger partial charge < -0.3 is 26.2 Å². The number of benzene rings is 1. The number of nitrogens with zero attached hydrogens (tertiary/aromatic N) is 4. The molecule has 0 radical (unpaired) electrons. The summed E-state index contributed by atoms with van der Waals surface area (Å²) in [5, 5.41) is 16.5. The molecule has 30 heavy (non-hydrogen) atoms. The van der Waals surface area contributed by atoms with Crippen LogP contribution in [0.5, 0.6) is 5.75 Å². The topological polar surface area (TPSA) is 131 Å². The Hall–Kier alpha value is -3.72. The fourth-order valence-electron chi connectivity index (χ4n) is 2.85. The van der Waals surface area contributed by atoms with Crippen LogP contribution in [0.4, 0.5) is 17.5 Å². The maximum absolute atomic E-state index is 9.32. The van der Waals surface area contributed by atoms with E-state index in [0.717, 1.165) is 16.5 Å². The highest BCUT2D eigenvalue weighted by Gasteiger charge is 2.12. The van der Waals surface area contributed by atoms with Gasteiger partial charge in [-0.05, 0) is 30.7 Å². The Morgan fingerprint density at radius 1 is 1.33 bits per heavy atom. The fourth-order valence-corrected chi connectivity index (χ4v) is 2.85. The zero-order chi connectivity index (χ0) is 21.5. The highest BCUT2D eigenvalue weighted by Crippen LogP contribution is 2.30. The lowest BCUT2D eigenvalue weighted by molar-refractivity contribution is 0.281. The molecule has 1 aromatic carbocycles. The van der Waals surface area contributed by atoms with Crippen molar-refractivity contribution < 1.29 is 9.84 Å². The standard InChI is InChI=1S/C21H25N7O2/c1-13(12-29)26-20-19-15(6-7-24-20)11-25-21(28-19)27-17-5-4-14(8-18(17)30-3)16(9-22)10-23-2/h4-11,13,29H,12,22H2,1-3H3,(H,24,26)(H,25,27,28). The first-order valence-electron chi connectivity index (χ1n) is 9.38. The number of pyridine rings is 1. The third kappa shape index (κ3) is 4.64. The van der Waals surface area contributed by atoms with Crippen LogP contribution in [0.3, 0.4) is 0 Å². The number of rotatable bonds is 8. The van der Waals surface area contributed by atoms with E-state index in [0.29, 0.717) is 28.7 Å². The van der Waals surface area contributed by atoms with Gasteiger partial charge in [0.2, 0.25) is 5.95 Å². The molecule has 0 fully saturated rings. The van der Waals surface area contributed by atoms with Gasteiger partial charge in [-0.2, -0.15) is 0 Å². The molecule has 0 amide bonds. The van der Waals surface area contributed by atoms with Crippen LogP contribution in [0.15, 0.2) is 47.9 Å². The van der Waals surface area contributed by atoms with Gasteiger partial charge in [-0.1, -0.05) is 6.07 Å². The molecule has 3 rings (SSSR count). The van der Waals surface area contributed by atoms with Crippen LogP contribution in [0.1, 0.15) is 12.5 Å². The van der Waals surface area contributed by atoms with E-state index in [9.17, 15) is 5.11 Å². The molecular formula is C21H25N7O2. The van der Waals surface area contributed by atoms with E-state index in [1.807, 2.05) is 31.2 Å². The zero-order valence-electron chi connectivity index (χ0n) is 17.1. The third-order valence-corrected chi connectivity index (χ3v) is 4.39. The SMILES string of the molecule is CN=CC(=CN)c1ccc(Nc2ncc3ccnc(NC(C)CO)c3n2)c(OC)c1. The number of nitrogens with two attached hydrogens (primary N) is 1. The number of nitrogens with one attached hydrogen (secondary N) is 2. The molecule has 5 N–H and O–H groups in total. The minimum Gasteiger partial charge on any atom is -0.495 e. The van der Waals surface area contributed by atoms with E-state index >= 15 is 0 Å². The number of aliphatic imine (C=N–C) groups is 1. The van der Waals surface area contributed by atoms with Crippen molar-refractivity contribution in [1.82, 2.24) is 15.0 Å². The number of methoxy groups -OCH3 is 1. The number of aliphatic hydroxyl groups is 1. The summed E-state index contributed by atoms with van der Waals surface area (Å²) in [5.41, 5.74) is 8.71. The van der Waals surface area contributed by atoms with Gasteiger partial charge in [-0.15, -0.1) is 0 Å². The molecule has 2 heterocycles. The van der Waals surface area contributed by atoms with E-state index in [4.69, 9.17) is 10.5 Å². The van der Waals surface area contributed by atoms with Gasteiger partial charge in [0.25, 0.3) is 0 Å². The summed E-state index contributed by atoms with van der Waals surface area (Å²) in [7, 11) is 3.28. The van der Waals surface area contributed by atoms with E-state index in [1.54, 1.807) is 32.8 Å². The van der Waals surface area contributed by atoms with Gasteiger partial charge in [0, 0.05) is 48.9 Å². The molecule has 0 saturated heterocycles. The summed E-state index contributed by atoms with van der Waals surface area (Å²) in [6, 6.07) is 7.31. The molecule has 9 nitrogen and oxygen atoms in total. The van der Waals surface area contributed by atoms with Crippen molar-refractivity contribution in [3.63, 3.8) is 0 Å². The molecule has 1 atom stereocenters. The number of hydrogen-bond acceptors (Lipinski definition) is 9. The maximum Gasteiger partial charge on any atom is 0.227 e. The smallest absolute Gasteiger partial charge is 0.227 e. The molecule has 0 spiro atoms. The summed E-state index contributed by atoms with van der Waals surface area (Å²) in [5.74, 6) is 1.59. The van der Waals surface area contributed by atoms with Gasteiger partial charge in [-0.3, -0.25) is 4.99 Å². The summed E-state index contributed by atoms with van der Waals surface area (Å²) in [6.07, 6.45) is 6.57. The van der Waals surface area contributed by atoms with Crippen molar-refractivity contribution in [1.29, 1.82) is 0 Å². The summed E-state index contributed by atoms with van der Waals surface area (Å²) in [6.45, 7) is 1.85. The van der Waals surface area contributed by atoms with Crippen molar-refractivity contribution in [2.45, 2.75) is 13.0 Å². The normalized spacial score (nSPS) is 12.9. The number of aliphatic hydroxyl groups excluding tert-OH is 1. The Balaban J connectivity index is 1.94. The van der Waals surface area contributed by atoms with Crippen molar-refractivity contribution in [2.24, 2.45) is 10.7 Å². The first kappa shape index (κ1) is 21.0. The number of allylic oxidation sites excluding steroid dienone is 1. The van der Waals surface area contributed by atoms with E-state index in [-0.39, 0.29) is 12.6 Å². The van der Waals surface area contributed by atoms with Gasteiger partial charge in [0.15, 0.2) is 5.82 Å². The number of ether oxygens (including phenoxy) is 1. The largest absolute Gasteiger partial charge is 0.495 e. The quantitative estimate of drug-likeness (QED) is 0.419. The van der Waals surface area contributed by atoms with E-state index < -0.39 is 0 Å². The Morgan fingerprint density at radius 2 is 2.17 bits per heavy atom. The fraction of sp³-hybridized carbons (Fsp3) is 0.238. The van der Waals surface area contributed by atoms with Crippen molar-refractivity contribution in [3.05, 3.63) is 48.4 Å². The van der Waals surface area contributed by atoms with Crippen LogP contribution in [-0.4, -0.2) is 53.1 Å². The molecule has 0 aliphatic heterocycles. The molecule has 0 saturated carbocycles. The van der Waals surface area contributed by atoms with E-state index in [1.165, 1.54) is 6.20 Å². The number of hydrogen-bond donors (Lipinski definition) is 4. The number of aromatic nitrogens is 3. The molecule has 3 aromatic rings. The van der Waals surface area contributed by atoms with Crippen molar-refractivity contribution in [2.75, 3.05) is 31.4 Å². The molecule has 9 heteroatoms. The molecule has 0 aliphatic rings. The van der Waals surface area contributed by atoms with Gasteiger partial charge in [0.1, 0.15) is 11.3 Å². The van der Waals surface area contributed by atoms with Crippen molar-refractivity contribution >= 4 is 40.1 Å². The Labute approximate surface area is 174 Å². The molecule has 2 aromatic heterocycles. The number of anilines is 3. The monoisotopic (exact) mass is 407 g/mol. The van der Waals surface area contributed by atoms with Crippen LogP contribution < -0.4 is 21.1 Å². The average Bonchev–Trinajstić information content (AvgIpc) is 2.78. The molecule has 156 valence electrons. The van der Waals surface area contributed by atoms with Crippen LogP contribution in [0.25, 0.3) is 16.5 Å². The van der Waals surface area contributed by atoms with E-state index in [2.05, 4.69) is 30.6 Å². The molecule has 0 aliphatic carbocycles. The highest BCUT2D eigenvalue weighted by molar-refractivity contribution is 6.09. The summed E-state index contributed by atoms with van der Waals surface area (Å²) >= 11 is 0. The maximum atomic E-state index is 9.32. The lowest BCUT2D eigenvalue weighted by atomic mass is 10.1. The lowest BCUT2D eigenvalue weighted by Crippen LogP contribution is -2.20. The van der Waals surface area contributed by atoms with Crippen LogP contribution in [0, 0.1) is 0 Å². The lowest BCUT2D eigenvalue weighted by Gasteiger charge is -2.14. The Morgan fingerprint density at radius 3 is 2.87 bits per heavy atom. The summed E-state index contributed by atoms with van der Waals surface area (Å²) < 4.78 is 5.53. The second-order valence-electron chi connectivity index (χ2n) is 6.57. The second kappa shape index (κ2) is 9.66. The minimum atomic E-state index is -0.154. The molecule has 0 bridgehead atoms. The molecule has 1 unspecified atom stereocenters. The Bertz CT molecular complexity index is 1080. The number of fused-ring (bicyclic) bond motifs is 1. The zero-order valence-corrected chi connectivity index (χ0v) is 17.1. The predicted octanol–water partition coefficient (Wildman–Crippen LogP) is 2.57. The predicted molar refractivity (Wildman–Crippen MR) is 120 cm³/mol. The Kier molecular flexibility index (Phi) is 6.76. The van der Waals surface area contributed by atoms with Crippen LogP contribution >= 0.6 is 0 Å². The first-order valence-corrected chi connectivity index (χ1v) is 9.38. The molecular weight excluding hydrogens is 382 g/mol. The first-order chi connectivity index (χ1) is 14.6. The highest BCUT2D eigenvalue weighted by atomic mass is 16.5. The average molecular weight is 407 g/mol. The second-order valence-corrected chi connectivity index (χ2v) is 6.57. The van der Waals surface area contributed by atoms with Crippen molar-refractivity contribution in [3.8, 4) is 5.75 Å². The third-order valence-electron chi connectivity index (χ3n) is 4.39. The van der Waals surface area contributed by atoms with Gasteiger partial charge >= 0.3 is 0 Å².